The predicted molar refractivity (Wildman–Crippen MR) is 127 cm³/mol. The van der Waals surface area contributed by atoms with Crippen molar-refractivity contribution in [3.05, 3.63) is 53.3 Å². The number of nitrogens with zero attached hydrogens (tertiary/aromatic N) is 4. The molecule has 2 N–H and O–H groups in total. The Morgan fingerprint density at radius 2 is 1.81 bits per heavy atom. The number of hydrogen-bond donors (Lipinski definition) is 2. The molecule has 0 aliphatic rings. The largest absolute Gasteiger partial charge is 0.413 e. The summed E-state index contributed by atoms with van der Waals surface area (Å²) in [4.78, 5) is 30.2. The standard InChI is InChI=1S/C21H28N6O2SSi/c1-13-11-30-19(24-13)27-18(28)17-15(25-14-9-22-12-23-10-14)7-8-16(26-17)21(5,6)29-31-20(2,3)4/h7-12,25H,31H2,1-6H3,(H,24,27,28). The zero-order chi connectivity index (χ0) is 22.6. The molecule has 8 nitrogen and oxygen atoms in total. The van der Waals surface area contributed by atoms with Gasteiger partial charge in [-0.15, -0.1) is 11.3 Å². The quantitative estimate of drug-likeness (QED) is 0.514. The molecule has 0 aromatic carbocycles. The van der Waals surface area contributed by atoms with Crippen molar-refractivity contribution in [2.24, 2.45) is 0 Å². The summed E-state index contributed by atoms with van der Waals surface area (Å²) in [6.07, 6.45) is 4.72. The number of rotatable bonds is 7. The lowest BCUT2D eigenvalue weighted by molar-refractivity contribution is 0.0997. The molecular weight excluding hydrogens is 428 g/mol. The van der Waals surface area contributed by atoms with Gasteiger partial charge < -0.3 is 9.74 Å². The maximum Gasteiger partial charge on any atom is 0.278 e. The summed E-state index contributed by atoms with van der Waals surface area (Å²) in [7, 11) is -0.812. The fourth-order valence-electron chi connectivity index (χ4n) is 2.63. The molecule has 0 radical (unpaired) electrons. The van der Waals surface area contributed by atoms with Crippen LogP contribution in [0.2, 0.25) is 5.04 Å². The van der Waals surface area contributed by atoms with Crippen molar-refractivity contribution >= 4 is 43.5 Å². The topological polar surface area (TPSA) is 102 Å². The van der Waals surface area contributed by atoms with E-state index in [4.69, 9.17) is 9.41 Å². The van der Waals surface area contributed by atoms with Crippen LogP contribution in [-0.4, -0.2) is 35.6 Å². The number of thiazole rings is 1. The molecule has 3 aromatic heterocycles. The number of carbonyl (C=O) groups excluding carboxylic acids is 1. The van der Waals surface area contributed by atoms with Gasteiger partial charge in [-0.1, -0.05) is 20.8 Å². The number of carbonyl (C=O) groups is 1. The van der Waals surface area contributed by atoms with Crippen LogP contribution in [0.4, 0.5) is 16.5 Å². The summed E-state index contributed by atoms with van der Waals surface area (Å²) in [5.41, 5.74) is 2.40. The van der Waals surface area contributed by atoms with Crippen LogP contribution < -0.4 is 10.6 Å². The van der Waals surface area contributed by atoms with E-state index in [1.807, 2.05) is 38.3 Å². The highest BCUT2D eigenvalue weighted by Gasteiger charge is 2.28. The van der Waals surface area contributed by atoms with Crippen molar-refractivity contribution in [3.63, 3.8) is 0 Å². The maximum atomic E-state index is 13.1. The SMILES string of the molecule is Cc1csc(NC(=O)c2nc(C(C)(C)O[SiH2]C(C)(C)C)ccc2Nc2cncnc2)n1. The Bertz CT molecular complexity index is 1050. The van der Waals surface area contributed by atoms with Crippen molar-refractivity contribution in [1.29, 1.82) is 0 Å². The van der Waals surface area contributed by atoms with Crippen LogP contribution in [0.1, 0.15) is 56.5 Å². The van der Waals surface area contributed by atoms with Crippen molar-refractivity contribution in [2.75, 3.05) is 10.6 Å². The van der Waals surface area contributed by atoms with Gasteiger partial charge in [-0.3, -0.25) is 10.1 Å². The number of amides is 1. The van der Waals surface area contributed by atoms with E-state index in [-0.39, 0.29) is 16.6 Å². The summed E-state index contributed by atoms with van der Waals surface area (Å²) in [6, 6.07) is 3.72. The van der Waals surface area contributed by atoms with Crippen LogP contribution in [0, 0.1) is 6.92 Å². The average Bonchev–Trinajstić information content (AvgIpc) is 3.11. The van der Waals surface area contributed by atoms with Gasteiger partial charge in [0.05, 0.1) is 40.8 Å². The van der Waals surface area contributed by atoms with E-state index in [9.17, 15) is 4.79 Å². The Morgan fingerprint density at radius 1 is 1.10 bits per heavy atom. The molecule has 3 rings (SSSR count). The van der Waals surface area contributed by atoms with Crippen molar-refractivity contribution in [3.8, 4) is 0 Å². The van der Waals surface area contributed by atoms with Crippen LogP contribution in [0.3, 0.4) is 0 Å². The van der Waals surface area contributed by atoms with Gasteiger partial charge in [-0.05, 0) is 37.9 Å². The van der Waals surface area contributed by atoms with E-state index in [0.29, 0.717) is 22.2 Å². The molecule has 0 bridgehead atoms. The Kier molecular flexibility index (Phi) is 6.82. The van der Waals surface area contributed by atoms with Gasteiger partial charge in [-0.25, -0.2) is 19.9 Å². The van der Waals surface area contributed by atoms with Gasteiger partial charge in [0, 0.05) is 5.38 Å². The van der Waals surface area contributed by atoms with Gasteiger partial charge in [0.2, 0.25) is 0 Å². The molecule has 3 aromatic rings. The maximum absolute atomic E-state index is 13.1. The Labute approximate surface area is 188 Å². The third-order valence-electron chi connectivity index (χ3n) is 4.27. The summed E-state index contributed by atoms with van der Waals surface area (Å²) >= 11 is 1.37. The number of aryl methyl sites for hydroxylation is 1. The first-order valence-corrected chi connectivity index (χ1v) is 12.1. The molecule has 0 fully saturated rings. The number of hydrogen-bond acceptors (Lipinski definition) is 8. The molecule has 0 saturated carbocycles. The monoisotopic (exact) mass is 456 g/mol. The molecule has 0 saturated heterocycles. The summed E-state index contributed by atoms with van der Waals surface area (Å²) < 4.78 is 6.29. The lowest BCUT2D eigenvalue weighted by Crippen LogP contribution is -2.29. The Balaban J connectivity index is 1.94. The molecular formula is C21H28N6O2SSi. The van der Waals surface area contributed by atoms with Crippen LogP contribution >= 0.6 is 11.3 Å². The average molecular weight is 457 g/mol. The number of anilines is 3. The second-order valence-electron chi connectivity index (χ2n) is 8.95. The van der Waals surface area contributed by atoms with Gasteiger partial charge in [0.25, 0.3) is 5.91 Å². The fraction of sp³-hybridized carbons (Fsp3) is 0.381. The Morgan fingerprint density at radius 3 is 2.42 bits per heavy atom. The van der Waals surface area contributed by atoms with E-state index in [2.05, 4.69) is 46.4 Å². The van der Waals surface area contributed by atoms with Gasteiger partial charge in [0.15, 0.2) is 20.6 Å². The molecule has 164 valence electrons. The smallest absolute Gasteiger partial charge is 0.278 e. The second kappa shape index (κ2) is 9.21. The fourth-order valence-corrected chi connectivity index (χ4v) is 4.25. The lowest BCUT2D eigenvalue weighted by atomic mass is 10.0. The summed E-state index contributed by atoms with van der Waals surface area (Å²) in [5.74, 6) is -0.348. The number of aromatic nitrogens is 4. The minimum absolute atomic E-state index is 0.148. The normalized spacial score (nSPS) is 12.3. The van der Waals surface area contributed by atoms with E-state index in [1.165, 1.54) is 17.7 Å². The molecule has 0 unspecified atom stereocenters. The third-order valence-corrected chi connectivity index (χ3v) is 6.88. The molecule has 3 heterocycles. The first kappa shape index (κ1) is 23.0. The van der Waals surface area contributed by atoms with Crippen molar-refractivity contribution < 1.29 is 9.22 Å². The van der Waals surface area contributed by atoms with Crippen molar-refractivity contribution in [1.82, 2.24) is 19.9 Å². The van der Waals surface area contributed by atoms with Crippen molar-refractivity contribution in [2.45, 2.75) is 52.2 Å². The van der Waals surface area contributed by atoms with Crippen LogP contribution in [0.15, 0.2) is 36.2 Å². The van der Waals surface area contributed by atoms with Crippen LogP contribution in [-0.2, 0) is 10.0 Å². The summed E-state index contributed by atoms with van der Waals surface area (Å²) in [5, 5.41) is 8.58. The van der Waals surface area contributed by atoms with E-state index in [0.717, 1.165) is 5.69 Å². The molecule has 1 amide bonds. The first-order valence-electron chi connectivity index (χ1n) is 9.94. The van der Waals surface area contributed by atoms with E-state index in [1.54, 1.807) is 12.4 Å². The van der Waals surface area contributed by atoms with E-state index < -0.39 is 15.4 Å². The first-order chi connectivity index (χ1) is 14.5. The minimum atomic E-state index is -0.812. The molecule has 0 atom stereocenters. The zero-order valence-electron chi connectivity index (χ0n) is 18.7. The zero-order valence-corrected chi connectivity index (χ0v) is 20.9. The van der Waals surface area contributed by atoms with E-state index >= 15 is 0 Å². The van der Waals surface area contributed by atoms with Gasteiger partial charge >= 0.3 is 0 Å². The van der Waals surface area contributed by atoms with Crippen LogP contribution in [0.25, 0.3) is 0 Å². The molecule has 0 spiro atoms. The van der Waals surface area contributed by atoms with Gasteiger partial charge in [0.1, 0.15) is 6.33 Å². The molecule has 10 heteroatoms. The minimum Gasteiger partial charge on any atom is -0.413 e. The molecule has 0 aliphatic carbocycles. The highest BCUT2D eigenvalue weighted by Crippen LogP contribution is 2.30. The van der Waals surface area contributed by atoms with Gasteiger partial charge in [-0.2, -0.15) is 0 Å². The highest BCUT2D eigenvalue weighted by molar-refractivity contribution is 7.13. The molecule has 31 heavy (non-hydrogen) atoms. The lowest BCUT2D eigenvalue weighted by Gasteiger charge is -2.30. The predicted octanol–water partition coefficient (Wildman–Crippen LogP) is 4.19. The third kappa shape index (κ3) is 6.39. The highest BCUT2D eigenvalue weighted by atomic mass is 32.1. The summed E-state index contributed by atoms with van der Waals surface area (Å²) in [6.45, 7) is 12.4. The molecule has 0 aliphatic heterocycles. The Hall–Kier alpha value is -2.69. The second-order valence-corrected chi connectivity index (χ2v) is 12.5. The number of nitrogens with one attached hydrogen (secondary N) is 2. The van der Waals surface area contributed by atoms with Crippen LogP contribution in [0.5, 0.6) is 0 Å². The number of pyridine rings is 1.